The third-order valence-electron chi connectivity index (χ3n) is 2.13. The Bertz CT molecular complexity index is 161. The molecule has 0 aromatic rings. The minimum Gasteiger partial charge on any atom is -0.481 e. The molecule has 3 nitrogen and oxygen atoms in total. The SMILES string of the molecule is CCCCCCC(Cl)C(O)CC(=O)O. The number of aliphatic carboxylic acids is 1. The van der Waals surface area contributed by atoms with Crippen LogP contribution in [0.3, 0.4) is 0 Å². The molecule has 0 spiro atoms. The molecule has 4 heteroatoms. The summed E-state index contributed by atoms with van der Waals surface area (Å²) in [6, 6.07) is 0. The highest BCUT2D eigenvalue weighted by molar-refractivity contribution is 6.21. The molecule has 14 heavy (non-hydrogen) atoms. The lowest BCUT2D eigenvalue weighted by Gasteiger charge is -2.14. The Kier molecular flexibility index (Phi) is 7.90. The van der Waals surface area contributed by atoms with Crippen LogP contribution in [0.5, 0.6) is 0 Å². The summed E-state index contributed by atoms with van der Waals surface area (Å²) in [5.74, 6) is -1.00. The van der Waals surface area contributed by atoms with Gasteiger partial charge >= 0.3 is 5.97 Å². The normalized spacial score (nSPS) is 15.1. The Morgan fingerprint density at radius 3 is 2.50 bits per heavy atom. The van der Waals surface area contributed by atoms with Crippen molar-refractivity contribution in [1.29, 1.82) is 0 Å². The number of carboxylic acids is 1. The highest BCUT2D eigenvalue weighted by Crippen LogP contribution is 2.15. The van der Waals surface area contributed by atoms with Crippen molar-refractivity contribution in [3.63, 3.8) is 0 Å². The molecular weight excluding hydrogens is 204 g/mol. The van der Waals surface area contributed by atoms with Crippen molar-refractivity contribution in [3.05, 3.63) is 0 Å². The quantitative estimate of drug-likeness (QED) is 0.490. The Labute approximate surface area is 90.1 Å². The van der Waals surface area contributed by atoms with Crippen LogP contribution in [0, 0.1) is 0 Å². The molecule has 2 atom stereocenters. The highest BCUT2D eigenvalue weighted by Gasteiger charge is 2.18. The summed E-state index contributed by atoms with van der Waals surface area (Å²) in [6.45, 7) is 2.12. The number of aliphatic hydroxyl groups is 1. The Hall–Kier alpha value is -0.280. The molecule has 0 saturated heterocycles. The van der Waals surface area contributed by atoms with Gasteiger partial charge < -0.3 is 10.2 Å². The van der Waals surface area contributed by atoms with E-state index in [4.69, 9.17) is 16.7 Å². The van der Waals surface area contributed by atoms with Crippen molar-refractivity contribution in [2.45, 2.75) is 56.9 Å². The van der Waals surface area contributed by atoms with Gasteiger partial charge in [0.25, 0.3) is 0 Å². The summed E-state index contributed by atoms with van der Waals surface area (Å²) in [5, 5.41) is 17.3. The van der Waals surface area contributed by atoms with E-state index in [1.165, 1.54) is 6.42 Å². The van der Waals surface area contributed by atoms with Crippen LogP contribution >= 0.6 is 11.6 Å². The zero-order valence-electron chi connectivity index (χ0n) is 8.58. The Morgan fingerprint density at radius 2 is 2.00 bits per heavy atom. The summed E-state index contributed by atoms with van der Waals surface area (Å²) in [4.78, 5) is 10.3. The van der Waals surface area contributed by atoms with Crippen LogP contribution in [-0.4, -0.2) is 27.7 Å². The topological polar surface area (TPSA) is 57.5 Å². The number of alkyl halides is 1. The zero-order valence-corrected chi connectivity index (χ0v) is 9.33. The molecular formula is C10H19ClO3. The molecule has 0 aromatic carbocycles. The number of rotatable bonds is 8. The highest BCUT2D eigenvalue weighted by atomic mass is 35.5. The number of unbranched alkanes of at least 4 members (excludes halogenated alkanes) is 3. The molecule has 0 bridgehead atoms. The summed E-state index contributed by atoms with van der Waals surface area (Å²) < 4.78 is 0. The molecule has 0 amide bonds. The molecule has 0 aliphatic carbocycles. The van der Waals surface area contributed by atoms with E-state index in [-0.39, 0.29) is 6.42 Å². The van der Waals surface area contributed by atoms with Crippen molar-refractivity contribution in [2.24, 2.45) is 0 Å². The van der Waals surface area contributed by atoms with Crippen LogP contribution in [0.4, 0.5) is 0 Å². The van der Waals surface area contributed by atoms with E-state index >= 15 is 0 Å². The monoisotopic (exact) mass is 222 g/mol. The number of aliphatic hydroxyl groups excluding tert-OH is 1. The molecule has 0 fully saturated rings. The number of carbonyl (C=O) groups is 1. The number of carboxylic acid groups (broad SMARTS) is 1. The zero-order chi connectivity index (χ0) is 11.0. The lowest BCUT2D eigenvalue weighted by atomic mass is 10.1. The fourth-order valence-corrected chi connectivity index (χ4v) is 1.51. The van der Waals surface area contributed by atoms with Crippen LogP contribution in [0.25, 0.3) is 0 Å². The number of halogens is 1. The lowest BCUT2D eigenvalue weighted by Crippen LogP contribution is -2.24. The maximum atomic E-state index is 10.3. The van der Waals surface area contributed by atoms with Gasteiger partial charge in [-0.15, -0.1) is 11.6 Å². The van der Waals surface area contributed by atoms with E-state index in [1.54, 1.807) is 0 Å². The third kappa shape index (κ3) is 7.15. The van der Waals surface area contributed by atoms with E-state index in [0.29, 0.717) is 6.42 Å². The fraction of sp³-hybridized carbons (Fsp3) is 0.900. The first-order chi connectivity index (χ1) is 6.57. The van der Waals surface area contributed by atoms with Gasteiger partial charge in [-0.2, -0.15) is 0 Å². The van der Waals surface area contributed by atoms with Gasteiger partial charge in [-0.3, -0.25) is 4.79 Å². The summed E-state index contributed by atoms with van der Waals surface area (Å²) in [6.07, 6.45) is 3.88. The van der Waals surface area contributed by atoms with Gasteiger partial charge in [0, 0.05) is 0 Å². The van der Waals surface area contributed by atoms with Gasteiger partial charge in [0.1, 0.15) is 0 Å². The predicted octanol–water partition coefficient (Wildman–Crippen LogP) is 2.40. The standard InChI is InChI=1S/C10H19ClO3/c1-2-3-4-5-6-8(11)9(12)7-10(13)14/h8-9,12H,2-7H2,1H3,(H,13,14). The smallest absolute Gasteiger partial charge is 0.306 e. The molecule has 0 radical (unpaired) electrons. The largest absolute Gasteiger partial charge is 0.481 e. The van der Waals surface area contributed by atoms with Crippen molar-refractivity contribution >= 4 is 17.6 Å². The molecule has 0 rings (SSSR count). The summed E-state index contributed by atoms with van der Waals surface area (Å²) in [7, 11) is 0. The molecule has 2 unspecified atom stereocenters. The third-order valence-corrected chi connectivity index (χ3v) is 2.64. The maximum absolute atomic E-state index is 10.3. The molecule has 0 aliphatic heterocycles. The van der Waals surface area contributed by atoms with Crippen LogP contribution in [0.2, 0.25) is 0 Å². The molecule has 0 aromatic heterocycles. The molecule has 0 aliphatic rings. The molecule has 0 saturated carbocycles. The average molecular weight is 223 g/mol. The predicted molar refractivity (Wildman–Crippen MR) is 56.7 cm³/mol. The van der Waals surface area contributed by atoms with Crippen LogP contribution in [0.15, 0.2) is 0 Å². The van der Waals surface area contributed by atoms with Gasteiger partial charge in [0.2, 0.25) is 0 Å². The van der Waals surface area contributed by atoms with Gasteiger partial charge in [-0.1, -0.05) is 32.6 Å². The van der Waals surface area contributed by atoms with E-state index in [1.807, 2.05) is 0 Å². The fourth-order valence-electron chi connectivity index (χ4n) is 1.27. The van der Waals surface area contributed by atoms with E-state index in [2.05, 4.69) is 6.92 Å². The number of hydrogen-bond acceptors (Lipinski definition) is 2. The summed E-state index contributed by atoms with van der Waals surface area (Å²) >= 11 is 5.84. The van der Waals surface area contributed by atoms with Gasteiger partial charge in [-0.25, -0.2) is 0 Å². The van der Waals surface area contributed by atoms with E-state index < -0.39 is 17.5 Å². The molecule has 0 heterocycles. The summed E-state index contributed by atoms with van der Waals surface area (Å²) in [5.41, 5.74) is 0. The second-order valence-corrected chi connectivity index (χ2v) is 4.09. The van der Waals surface area contributed by atoms with Crippen LogP contribution in [-0.2, 0) is 4.79 Å². The Balaban J connectivity index is 3.51. The second-order valence-electron chi connectivity index (χ2n) is 3.53. The van der Waals surface area contributed by atoms with E-state index in [0.717, 1.165) is 19.3 Å². The molecule has 2 N–H and O–H groups in total. The second kappa shape index (κ2) is 8.06. The van der Waals surface area contributed by atoms with E-state index in [9.17, 15) is 9.90 Å². The van der Waals surface area contributed by atoms with Gasteiger partial charge in [-0.05, 0) is 6.42 Å². The van der Waals surface area contributed by atoms with Crippen molar-refractivity contribution in [3.8, 4) is 0 Å². The minimum absolute atomic E-state index is 0.262. The van der Waals surface area contributed by atoms with Crippen LogP contribution in [0.1, 0.15) is 45.4 Å². The average Bonchev–Trinajstić information content (AvgIpc) is 2.11. The van der Waals surface area contributed by atoms with Gasteiger partial charge in [0.05, 0.1) is 17.9 Å². The van der Waals surface area contributed by atoms with Crippen LogP contribution < -0.4 is 0 Å². The van der Waals surface area contributed by atoms with Gasteiger partial charge in [0.15, 0.2) is 0 Å². The minimum atomic E-state index is -1.00. The maximum Gasteiger partial charge on any atom is 0.306 e. The first-order valence-electron chi connectivity index (χ1n) is 5.11. The van der Waals surface area contributed by atoms with Crippen molar-refractivity contribution in [1.82, 2.24) is 0 Å². The number of hydrogen-bond donors (Lipinski definition) is 2. The van der Waals surface area contributed by atoms with Crippen molar-refractivity contribution < 1.29 is 15.0 Å². The lowest BCUT2D eigenvalue weighted by molar-refractivity contribution is -0.139. The first kappa shape index (κ1) is 13.7. The van der Waals surface area contributed by atoms with Crippen molar-refractivity contribution in [2.75, 3.05) is 0 Å². The molecule has 84 valence electrons. The Morgan fingerprint density at radius 1 is 1.36 bits per heavy atom. The first-order valence-corrected chi connectivity index (χ1v) is 5.55.